The number of aliphatic hydroxyl groups excluding tert-OH is 1. The summed E-state index contributed by atoms with van der Waals surface area (Å²) in [5.74, 6) is -0.370. The Balaban J connectivity index is 1.17. The SMILES string of the molecule is O=C(NC1CC1)C(O)Cn1cc(CN2CCC3(CC2)OCCc2cc(C(F)(F)F)sc23)cn1. The number of aliphatic hydroxyl groups is 1. The third kappa shape index (κ3) is 4.96. The lowest BCUT2D eigenvalue weighted by molar-refractivity contribution is -0.134. The Hall–Kier alpha value is -1.95. The number of nitrogens with one attached hydrogen (secondary N) is 1. The maximum atomic E-state index is 13.2. The fourth-order valence-electron chi connectivity index (χ4n) is 4.64. The van der Waals surface area contributed by atoms with Crippen LogP contribution in [0.5, 0.6) is 0 Å². The summed E-state index contributed by atoms with van der Waals surface area (Å²) in [5, 5.41) is 17.1. The predicted molar refractivity (Wildman–Crippen MR) is 115 cm³/mol. The summed E-state index contributed by atoms with van der Waals surface area (Å²) in [6.45, 7) is 2.60. The zero-order valence-electron chi connectivity index (χ0n) is 18.1. The van der Waals surface area contributed by atoms with Crippen molar-refractivity contribution in [2.45, 2.75) is 69.1 Å². The minimum atomic E-state index is -4.32. The molecule has 1 saturated carbocycles. The number of halogens is 3. The lowest BCUT2D eigenvalue weighted by Crippen LogP contribution is -2.45. The van der Waals surface area contributed by atoms with E-state index in [-0.39, 0.29) is 18.5 Å². The standard InChI is InChI=1S/C22H27F3N4O3S/c23-22(24,25)18-9-15-3-8-32-21(19(15)33-18)4-6-28(7-5-21)11-14-10-26-29(12-14)13-17(30)20(31)27-16-1-2-16/h9-10,12,16-17,30H,1-8,11,13H2,(H,27,31). The lowest BCUT2D eigenvalue weighted by Gasteiger charge is -2.43. The Morgan fingerprint density at radius 2 is 2.12 bits per heavy atom. The van der Waals surface area contributed by atoms with Crippen LogP contribution in [0.2, 0.25) is 0 Å². The van der Waals surface area contributed by atoms with Gasteiger partial charge in [0.1, 0.15) is 10.5 Å². The molecule has 1 spiro atoms. The number of carbonyl (C=O) groups excluding carboxylic acids is 1. The number of piperidine rings is 1. The van der Waals surface area contributed by atoms with E-state index in [0.717, 1.165) is 40.2 Å². The quantitative estimate of drug-likeness (QED) is 0.659. The molecule has 7 nitrogen and oxygen atoms in total. The molecule has 0 aromatic carbocycles. The van der Waals surface area contributed by atoms with Crippen LogP contribution in [0.4, 0.5) is 13.2 Å². The molecule has 1 saturated heterocycles. The first-order chi connectivity index (χ1) is 15.7. The summed E-state index contributed by atoms with van der Waals surface area (Å²) in [6.07, 6.45) is 1.82. The summed E-state index contributed by atoms with van der Waals surface area (Å²) in [7, 11) is 0. The first kappa shape index (κ1) is 22.8. The van der Waals surface area contributed by atoms with E-state index < -0.39 is 22.8 Å². The first-order valence-electron chi connectivity index (χ1n) is 11.3. The summed E-state index contributed by atoms with van der Waals surface area (Å²) < 4.78 is 47.4. The number of rotatable bonds is 6. The Morgan fingerprint density at radius 3 is 2.82 bits per heavy atom. The molecule has 2 aromatic rings. The fourth-order valence-corrected chi connectivity index (χ4v) is 5.91. The van der Waals surface area contributed by atoms with Gasteiger partial charge in [0, 0.05) is 42.3 Å². The van der Waals surface area contributed by atoms with Crippen LogP contribution in [0, 0.1) is 0 Å². The second-order valence-corrected chi connectivity index (χ2v) is 10.3. The van der Waals surface area contributed by atoms with Crippen molar-refractivity contribution in [2.24, 2.45) is 0 Å². The summed E-state index contributed by atoms with van der Waals surface area (Å²) >= 11 is 0.833. The van der Waals surface area contributed by atoms with Crippen molar-refractivity contribution in [1.29, 1.82) is 0 Å². The van der Waals surface area contributed by atoms with Crippen molar-refractivity contribution in [3.05, 3.63) is 39.3 Å². The van der Waals surface area contributed by atoms with Crippen LogP contribution in [0.1, 0.15) is 46.6 Å². The van der Waals surface area contributed by atoms with Gasteiger partial charge in [0.25, 0.3) is 5.91 Å². The molecule has 0 radical (unpaired) electrons. The largest absolute Gasteiger partial charge is 0.425 e. The topological polar surface area (TPSA) is 79.6 Å². The van der Waals surface area contributed by atoms with Gasteiger partial charge in [-0.2, -0.15) is 18.3 Å². The summed E-state index contributed by atoms with van der Waals surface area (Å²) in [4.78, 5) is 14.4. The molecule has 180 valence electrons. The van der Waals surface area contributed by atoms with Crippen molar-refractivity contribution in [2.75, 3.05) is 19.7 Å². The zero-order chi connectivity index (χ0) is 23.2. The number of amides is 1. The van der Waals surface area contributed by atoms with E-state index in [1.54, 1.807) is 10.9 Å². The van der Waals surface area contributed by atoms with Crippen LogP contribution < -0.4 is 5.32 Å². The number of fused-ring (bicyclic) bond motifs is 2. The van der Waals surface area contributed by atoms with Gasteiger partial charge >= 0.3 is 6.18 Å². The van der Waals surface area contributed by atoms with Crippen LogP contribution in [0.3, 0.4) is 0 Å². The Bertz CT molecular complexity index is 1010. The lowest BCUT2D eigenvalue weighted by atomic mass is 9.85. The van der Waals surface area contributed by atoms with Crippen LogP contribution in [-0.2, 0) is 40.8 Å². The molecular formula is C22H27F3N4O3S. The van der Waals surface area contributed by atoms with E-state index >= 15 is 0 Å². The number of alkyl halides is 3. The van der Waals surface area contributed by atoms with Gasteiger partial charge < -0.3 is 15.2 Å². The van der Waals surface area contributed by atoms with Crippen molar-refractivity contribution in [1.82, 2.24) is 20.0 Å². The Morgan fingerprint density at radius 1 is 1.36 bits per heavy atom. The molecule has 2 aliphatic heterocycles. The van der Waals surface area contributed by atoms with E-state index in [0.29, 0.717) is 45.5 Å². The van der Waals surface area contributed by atoms with Crippen LogP contribution in [-0.4, -0.2) is 57.5 Å². The highest BCUT2D eigenvalue weighted by Crippen LogP contribution is 2.48. The normalized spacial score (nSPS) is 21.7. The Labute approximate surface area is 193 Å². The average Bonchev–Trinajstić information content (AvgIpc) is 3.27. The third-order valence-electron chi connectivity index (χ3n) is 6.59. The fraction of sp³-hybridized carbons (Fsp3) is 0.636. The second-order valence-electron chi connectivity index (χ2n) is 9.20. The highest BCUT2D eigenvalue weighted by atomic mass is 32.1. The molecule has 3 aliphatic rings. The molecule has 5 rings (SSSR count). The molecule has 2 aromatic heterocycles. The molecule has 11 heteroatoms. The number of hydrogen-bond donors (Lipinski definition) is 2. The predicted octanol–water partition coefficient (Wildman–Crippen LogP) is 2.67. The number of ether oxygens (including phenoxy) is 1. The molecule has 2 fully saturated rings. The minimum absolute atomic E-state index is 0.0954. The third-order valence-corrected chi connectivity index (χ3v) is 8.00. The van der Waals surface area contributed by atoms with Gasteiger partial charge in [-0.15, -0.1) is 11.3 Å². The molecule has 4 heterocycles. The number of thiophene rings is 1. The number of hydrogen-bond acceptors (Lipinski definition) is 6. The van der Waals surface area contributed by atoms with Gasteiger partial charge in [-0.1, -0.05) is 0 Å². The van der Waals surface area contributed by atoms with Crippen LogP contribution in [0.15, 0.2) is 18.5 Å². The summed E-state index contributed by atoms with van der Waals surface area (Å²) in [5.41, 5.74) is 1.11. The molecule has 2 N–H and O–H groups in total. The van der Waals surface area contributed by atoms with Gasteiger partial charge in [0.2, 0.25) is 0 Å². The van der Waals surface area contributed by atoms with E-state index in [1.165, 1.54) is 6.07 Å². The van der Waals surface area contributed by atoms with Crippen molar-refractivity contribution in [3.8, 4) is 0 Å². The van der Waals surface area contributed by atoms with Crippen LogP contribution >= 0.6 is 11.3 Å². The Kier molecular flexibility index (Phi) is 6.00. The number of likely N-dealkylation sites (tertiary alicyclic amines) is 1. The van der Waals surface area contributed by atoms with Gasteiger partial charge in [0.15, 0.2) is 6.10 Å². The molecule has 33 heavy (non-hydrogen) atoms. The summed E-state index contributed by atoms with van der Waals surface area (Å²) in [6, 6.07) is 1.49. The minimum Gasteiger partial charge on any atom is -0.381 e. The van der Waals surface area contributed by atoms with Crippen LogP contribution in [0.25, 0.3) is 0 Å². The second kappa shape index (κ2) is 8.68. The average molecular weight is 485 g/mol. The molecule has 1 amide bonds. The zero-order valence-corrected chi connectivity index (χ0v) is 18.9. The number of nitrogens with zero attached hydrogens (tertiary/aromatic N) is 3. The first-order valence-corrected chi connectivity index (χ1v) is 12.1. The smallest absolute Gasteiger partial charge is 0.381 e. The molecular weight excluding hydrogens is 457 g/mol. The molecule has 0 bridgehead atoms. The van der Waals surface area contributed by atoms with Gasteiger partial charge in [0.05, 0.1) is 19.3 Å². The van der Waals surface area contributed by atoms with Crippen molar-refractivity contribution in [3.63, 3.8) is 0 Å². The van der Waals surface area contributed by atoms with Crippen molar-refractivity contribution >= 4 is 17.2 Å². The van der Waals surface area contributed by atoms with Gasteiger partial charge in [-0.05, 0) is 43.7 Å². The number of carbonyl (C=O) groups is 1. The molecule has 1 atom stereocenters. The van der Waals surface area contributed by atoms with E-state index in [2.05, 4.69) is 15.3 Å². The van der Waals surface area contributed by atoms with E-state index in [1.807, 2.05) is 6.20 Å². The highest BCUT2D eigenvalue weighted by molar-refractivity contribution is 7.12. The van der Waals surface area contributed by atoms with E-state index in [9.17, 15) is 23.1 Å². The maximum absolute atomic E-state index is 13.2. The van der Waals surface area contributed by atoms with E-state index in [4.69, 9.17) is 4.74 Å². The van der Waals surface area contributed by atoms with Gasteiger partial charge in [-0.3, -0.25) is 14.4 Å². The van der Waals surface area contributed by atoms with Gasteiger partial charge in [-0.25, -0.2) is 0 Å². The van der Waals surface area contributed by atoms with Crippen molar-refractivity contribution < 1.29 is 27.8 Å². The number of aromatic nitrogens is 2. The monoisotopic (exact) mass is 484 g/mol. The highest BCUT2D eigenvalue weighted by Gasteiger charge is 2.45. The molecule has 1 unspecified atom stereocenters. The molecule has 1 aliphatic carbocycles. The maximum Gasteiger partial charge on any atom is 0.425 e.